The Morgan fingerprint density at radius 1 is 1.82 bits per heavy atom. The van der Waals surface area contributed by atoms with Crippen molar-refractivity contribution >= 4 is 12.1 Å². The van der Waals surface area contributed by atoms with Crippen LogP contribution >= 0.6 is 0 Å². The van der Waals surface area contributed by atoms with Gasteiger partial charge in [0.2, 0.25) is 5.91 Å². The van der Waals surface area contributed by atoms with E-state index in [-0.39, 0.29) is 5.91 Å². The minimum atomic E-state index is -0.517. The zero-order valence-corrected chi connectivity index (χ0v) is 6.37. The Balaban J connectivity index is 2.75. The Morgan fingerprint density at radius 3 is 3.00 bits per heavy atom. The van der Waals surface area contributed by atoms with Gasteiger partial charge in [-0.15, -0.1) is 0 Å². The molecule has 0 saturated heterocycles. The van der Waals surface area contributed by atoms with E-state index in [1.807, 2.05) is 6.92 Å². The first kappa shape index (κ1) is 7.94. The van der Waals surface area contributed by atoms with Gasteiger partial charge in [-0.25, -0.2) is 5.84 Å². The number of carbonyl (C=O) groups is 1. The monoisotopic (exact) mass is 153 g/mol. The summed E-state index contributed by atoms with van der Waals surface area (Å²) in [6.07, 6.45) is 5.66. The molecule has 1 unspecified atom stereocenters. The molecule has 3 N–H and O–H groups in total. The average molecular weight is 153 g/mol. The molecule has 0 radical (unpaired) electrons. The van der Waals surface area contributed by atoms with E-state index in [0.29, 0.717) is 6.42 Å². The van der Waals surface area contributed by atoms with Gasteiger partial charge < -0.3 is 0 Å². The van der Waals surface area contributed by atoms with E-state index in [2.05, 4.69) is 10.4 Å². The summed E-state index contributed by atoms with van der Waals surface area (Å²) >= 11 is 0. The lowest BCUT2D eigenvalue weighted by Gasteiger charge is -2.22. The van der Waals surface area contributed by atoms with Crippen molar-refractivity contribution in [3.05, 3.63) is 12.3 Å². The summed E-state index contributed by atoms with van der Waals surface area (Å²) in [6.45, 7) is 1.82. The fraction of sp³-hybridized carbons (Fsp3) is 0.429. The zero-order chi connectivity index (χ0) is 8.32. The van der Waals surface area contributed by atoms with Gasteiger partial charge in [0.25, 0.3) is 0 Å². The van der Waals surface area contributed by atoms with Gasteiger partial charge in [-0.05, 0) is 6.92 Å². The standard InChI is InChI=1S/C7H11N3O/c1-7(6(11)10-8)2-4-9-5-3-7/h2,4-5H,3,8H2,1H3,(H,10,11). The van der Waals surface area contributed by atoms with E-state index in [9.17, 15) is 4.79 Å². The Morgan fingerprint density at radius 2 is 2.55 bits per heavy atom. The molecule has 0 saturated carbocycles. The van der Waals surface area contributed by atoms with Crippen LogP contribution in [0.15, 0.2) is 17.3 Å². The summed E-state index contributed by atoms with van der Waals surface area (Å²) in [5.41, 5.74) is 1.61. The molecule has 60 valence electrons. The molecule has 4 nitrogen and oxygen atoms in total. The van der Waals surface area contributed by atoms with Gasteiger partial charge in [0, 0.05) is 18.8 Å². The number of rotatable bonds is 1. The van der Waals surface area contributed by atoms with E-state index in [1.165, 1.54) is 0 Å². The van der Waals surface area contributed by atoms with Crippen LogP contribution in [0.3, 0.4) is 0 Å². The van der Waals surface area contributed by atoms with Gasteiger partial charge in [-0.2, -0.15) is 0 Å². The summed E-state index contributed by atoms with van der Waals surface area (Å²) in [5.74, 6) is 4.83. The second-order valence-electron chi connectivity index (χ2n) is 2.74. The second kappa shape index (κ2) is 2.84. The van der Waals surface area contributed by atoms with Crippen molar-refractivity contribution in [1.29, 1.82) is 0 Å². The largest absolute Gasteiger partial charge is 0.294 e. The smallest absolute Gasteiger partial charge is 0.244 e. The van der Waals surface area contributed by atoms with E-state index in [0.717, 1.165) is 0 Å². The second-order valence-corrected chi connectivity index (χ2v) is 2.74. The van der Waals surface area contributed by atoms with Crippen LogP contribution in [0.4, 0.5) is 0 Å². The SMILES string of the molecule is CC1(C(=O)NN)C=CN=CC1. The highest BCUT2D eigenvalue weighted by Gasteiger charge is 2.29. The summed E-state index contributed by atoms with van der Waals surface area (Å²) < 4.78 is 0. The highest BCUT2D eigenvalue weighted by Crippen LogP contribution is 2.24. The van der Waals surface area contributed by atoms with Crippen molar-refractivity contribution in [3.8, 4) is 0 Å². The molecule has 1 atom stereocenters. The minimum Gasteiger partial charge on any atom is -0.294 e. The van der Waals surface area contributed by atoms with E-state index >= 15 is 0 Å². The first-order chi connectivity index (χ1) is 5.19. The lowest BCUT2D eigenvalue weighted by atomic mass is 9.85. The predicted octanol–water partition coefficient (Wildman–Crippen LogP) is -0.0292. The summed E-state index contributed by atoms with van der Waals surface area (Å²) in [6, 6.07) is 0. The van der Waals surface area contributed by atoms with Gasteiger partial charge in [0.15, 0.2) is 0 Å². The molecule has 11 heavy (non-hydrogen) atoms. The topological polar surface area (TPSA) is 67.5 Å². The fourth-order valence-electron chi connectivity index (χ4n) is 0.912. The van der Waals surface area contributed by atoms with Crippen molar-refractivity contribution < 1.29 is 4.79 Å². The number of nitrogens with zero attached hydrogens (tertiary/aromatic N) is 1. The van der Waals surface area contributed by atoms with Gasteiger partial charge >= 0.3 is 0 Å². The lowest BCUT2D eigenvalue weighted by Crippen LogP contribution is -2.42. The van der Waals surface area contributed by atoms with Crippen LogP contribution in [0, 0.1) is 5.41 Å². The molecule has 4 heteroatoms. The van der Waals surface area contributed by atoms with Crippen LogP contribution in [-0.4, -0.2) is 12.1 Å². The first-order valence-corrected chi connectivity index (χ1v) is 3.39. The molecule has 1 aliphatic rings. The number of carbonyl (C=O) groups excluding carboxylic acids is 1. The maximum atomic E-state index is 11.1. The predicted molar refractivity (Wildman–Crippen MR) is 42.7 cm³/mol. The number of amides is 1. The maximum Gasteiger partial charge on any atom is 0.244 e. The van der Waals surface area contributed by atoms with Gasteiger partial charge in [-0.3, -0.25) is 15.2 Å². The number of aliphatic imine (C=N–C) groups is 1. The molecule has 0 aliphatic carbocycles. The number of hydrogen-bond donors (Lipinski definition) is 2. The summed E-state index contributed by atoms with van der Waals surface area (Å²) in [4.78, 5) is 15.0. The van der Waals surface area contributed by atoms with Crippen LogP contribution in [0.1, 0.15) is 13.3 Å². The van der Waals surface area contributed by atoms with Crippen molar-refractivity contribution in [3.63, 3.8) is 0 Å². The van der Waals surface area contributed by atoms with Gasteiger partial charge in [0.05, 0.1) is 5.41 Å². The molecule has 0 bridgehead atoms. The third kappa shape index (κ3) is 1.46. The van der Waals surface area contributed by atoms with Crippen molar-refractivity contribution in [2.75, 3.05) is 0 Å². The Kier molecular flexibility index (Phi) is 2.05. The van der Waals surface area contributed by atoms with E-state index in [4.69, 9.17) is 5.84 Å². The molecule has 1 rings (SSSR count). The highest BCUT2D eigenvalue weighted by atomic mass is 16.2. The molecule has 0 spiro atoms. The molecule has 0 aromatic rings. The summed E-state index contributed by atoms with van der Waals surface area (Å²) in [7, 11) is 0. The summed E-state index contributed by atoms with van der Waals surface area (Å²) in [5, 5.41) is 0. The Bertz CT molecular complexity index is 222. The molecule has 0 aromatic carbocycles. The Hall–Kier alpha value is -1.16. The Labute approximate surface area is 65.2 Å². The van der Waals surface area contributed by atoms with E-state index in [1.54, 1.807) is 18.5 Å². The van der Waals surface area contributed by atoms with Crippen molar-refractivity contribution in [2.24, 2.45) is 16.3 Å². The number of nitrogens with one attached hydrogen (secondary N) is 1. The number of hydrogen-bond acceptors (Lipinski definition) is 3. The molecular formula is C7H11N3O. The van der Waals surface area contributed by atoms with Crippen LogP contribution < -0.4 is 11.3 Å². The van der Waals surface area contributed by atoms with Gasteiger partial charge in [0.1, 0.15) is 0 Å². The van der Waals surface area contributed by atoms with Crippen molar-refractivity contribution in [1.82, 2.24) is 5.43 Å². The third-order valence-corrected chi connectivity index (χ3v) is 1.80. The number of hydrazine groups is 1. The minimum absolute atomic E-state index is 0.181. The average Bonchev–Trinajstić information content (AvgIpc) is 2.04. The van der Waals surface area contributed by atoms with Crippen LogP contribution in [-0.2, 0) is 4.79 Å². The van der Waals surface area contributed by atoms with Crippen LogP contribution in [0.25, 0.3) is 0 Å². The highest BCUT2D eigenvalue weighted by molar-refractivity contribution is 5.87. The molecule has 0 aromatic heterocycles. The van der Waals surface area contributed by atoms with Crippen LogP contribution in [0.2, 0.25) is 0 Å². The van der Waals surface area contributed by atoms with Gasteiger partial charge in [-0.1, -0.05) is 6.08 Å². The third-order valence-electron chi connectivity index (χ3n) is 1.80. The zero-order valence-electron chi connectivity index (χ0n) is 6.37. The quantitative estimate of drug-likeness (QED) is 0.315. The lowest BCUT2D eigenvalue weighted by molar-refractivity contribution is -0.127. The van der Waals surface area contributed by atoms with Crippen molar-refractivity contribution in [2.45, 2.75) is 13.3 Å². The molecule has 1 aliphatic heterocycles. The van der Waals surface area contributed by atoms with Crippen LogP contribution in [0.5, 0.6) is 0 Å². The normalized spacial score (nSPS) is 28.5. The molecule has 1 amide bonds. The molecule has 1 heterocycles. The maximum absolute atomic E-state index is 11.1. The molecule has 0 fully saturated rings. The fourth-order valence-corrected chi connectivity index (χ4v) is 0.912. The van der Waals surface area contributed by atoms with E-state index < -0.39 is 5.41 Å². The molecular weight excluding hydrogens is 142 g/mol. The number of nitrogens with two attached hydrogens (primary N) is 1. The first-order valence-electron chi connectivity index (χ1n) is 3.39.